The molecule has 5 nitrogen and oxygen atoms in total. The number of benzene rings is 1. The van der Waals surface area contributed by atoms with Crippen molar-refractivity contribution in [1.29, 1.82) is 0 Å². The summed E-state index contributed by atoms with van der Waals surface area (Å²) in [5.74, 6) is -1.21. The molecule has 2 aliphatic heterocycles. The minimum atomic E-state index is -0.869. The summed E-state index contributed by atoms with van der Waals surface area (Å²) in [5, 5.41) is 0.227. The number of amides is 1. The number of rotatable bonds is 4. The molecule has 0 saturated carbocycles. The second-order valence-electron chi connectivity index (χ2n) is 6.49. The first-order chi connectivity index (χ1) is 12.3. The normalized spacial score (nSPS) is 22.6. The zero-order valence-corrected chi connectivity index (χ0v) is 16.0. The second kappa shape index (κ2) is 7.23. The van der Waals surface area contributed by atoms with Gasteiger partial charge in [0.15, 0.2) is 5.17 Å². The maximum Gasteiger partial charge on any atom is 0.338 e. The molecule has 0 spiro atoms. The largest absolute Gasteiger partial charge is 0.459 e. The predicted molar refractivity (Wildman–Crippen MR) is 99.0 cm³/mol. The third-order valence-corrected chi connectivity index (χ3v) is 5.60. The Morgan fingerprint density at radius 2 is 2.08 bits per heavy atom. The summed E-state index contributed by atoms with van der Waals surface area (Å²) >= 11 is 1.36. The molecule has 0 bridgehead atoms. The Morgan fingerprint density at radius 1 is 1.38 bits per heavy atom. The van der Waals surface area contributed by atoms with Gasteiger partial charge in [0.25, 0.3) is 0 Å². The Balaban J connectivity index is 2.16. The van der Waals surface area contributed by atoms with Crippen molar-refractivity contribution in [3.8, 4) is 0 Å². The van der Waals surface area contributed by atoms with Crippen LogP contribution < -0.4 is 0 Å². The highest BCUT2D eigenvalue weighted by atomic mass is 32.2. The van der Waals surface area contributed by atoms with E-state index in [0.717, 1.165) is 0 Å². The number of carbonyl (C=O) groups is 2. The van der Waals surface area contributed by atoms with E-state index in [0.29, 0.717) is 17.3 Å². The second-order valence-corrected chi connectivity index (χ2v) is 7.66. The number of allylic oxidation sites excluding steroid dienone is 1. The molecule has 138 valence electrons. The van der Waals surface area contributed by atoms with Gasteiger partial charge in [-0.25, -0.2) is 14.2 Å². The van der Waals surface area contributed by atoms with Gasteiger partial charge < -0.3 is 4.74 Å². The highest BCUT2D eigenvalue weighted by Gasteiger charge is 2.47. The number of esters is 1. The first kappa shape index (κ1) is 18.6. The highest BCUT2D eigenvalue weighted by Crippen LogP contribution is 2.44. The van der Waals surface area contributed by atoms with Gasteiger partial charge in [0.05, 0.1) is 22.6 Å². The van der Waals surface area contributed by atoms with Crippen LogP contribution >= 0.6 is 11.8 Å². The molecule has 0 N–H and O–H groups in total. The third-order valence-electron chi connectivity index (χ3n) is 4.28. The van der Waals surface area contributed by atoms with Crippen molar-refractivity contribution in [2.75, 3.05) is 0 Å². The fraction of sp³-hybridized carbons (Fsp3) is 0.421. The highest BCUT2D eigenvalue weighted by molar-refractivity contribution is 8.15. The lowest BCUT2D eigenvalue weighted by molar-refractivity contribution is -0.143. The van der Waals surface area contributed by atoms with Gasteiger partial charge in [0.1, 0.15) is 11.9 Å². The van der Waals surface area contributed by atoms with Crippen molar-refractivity contribution in [2.45, 2.75) is 51.5 Å². The molecule has 1 amide bonds. The van der Waals surface area contributed by atoms with Crippen molar-refractivity contribution in [3.05, 3.63) is 46.9 Å². The van der Waals surface area contributed by atoms with Gasteiger partial charge in [-0.3, -0.25) is 9.69 Å². The third kappa shape index (κ3) is 3.16. The van der Waals surface area contributed by atoms with E-state index >= 15 is 0 Å². The molecule has 0 radical (unpaired) electrons. The molecular formula is C19H21FN2O3S. The lowest BCUT2D eigenvalue weighted by Gasteiger charge is -2.33. The van der Waals surface area contributed by atoms with Gasteiger partial charge in [0.2, 0.25) is 5.91 Å². The van der Waals surface area contributed by atoms with E-state index < -0.39 is 17.8 Å². The molecule has 1 aromatic rings. The molecule has 0 aliphatic carbocycles. The summed E-state index contributed by atoms with van der Waals surface area (Å²) in [7, 11) is 0. The van der Waals surface area contributed by atoms with E-state index in [-0.39, 0.29) is 28.4 Å². The average Bonchev–Trinajstić information content (AvgIpc) is 2.89. The van der Waals surface area contributed by atoms with Crippen LogP contribution in [0.5, 0.6) is 0 Å². The van der Waals surface area contributed by atoms with Gasteiger partial charge >= 0.3 is 5.97 Å². The monoisotopic (exact) mass is 376 g/mol. The first-order valence-corrected chi connectivity index (χ1v) is 9.47. The number of amidine groups is 1. The summed E-state index contributed by atoms with van der Waals surface area (Å²) in [6, 6.07) is 5.32. The van der Waals surface area contributed by atoms with Crippen LogP contribution in [0.25, 0.3) is 0 Å². The topological polar surface area (TPSA) is 59.0 Å². The van der Waals surface area contributed by atoms with E-state index in [1.165, 1.54) is 22.7 Å². The molecule has 2 unspecified atom stereocenters. The van der Waals surface area contributed by atoms with Gasteiger partial charge in [0, 0.05) is 5.56 Å². The summed E-state index contributed by atoms with van der Waals surface area (Å²) < 4.78 is 20.0. The van der Waals surface area contributed by atoms with Crippen LogP contribution in [0.1, 0.15) is 45.7 Å². The van der Waals surface area contributed by atoms with Crippen LogP contribution in [0.15, 0.2) is 40.5 Å². The molecule has 1 fully saturated rings. The number of hydrogen-bond donors (Lipinski definition) is 0. The number of carbonyl (C=O) groups excluding carboxylic acids is 2. The molecule has 2 atom stereocenters. The molecule has 7 heteroatoms. The fourth-order valence-electron chi connectivity index (χ4n) is 3.12. The lowest BCUT2D eigenvalue weighted by Crippen LogP contribution is -2.41. The van der Waals surface area contributed by atoms with E-state index in [1.54, 1.807) is 39.0 Å². The SMILES string of the molecule is CCC1SC2=NC(C)=C(C(=O)OC(C)C)C(c3ccccc3F)N2C1=O. The molecule has 1 aromatic carbocycles. The average molecular weight is 376 g/mol. The lowest BCUT2D eigenvalue weighted by atomic mass is 9.93. The predicted octanol–water partition coefficient (Wildman–Crippen LogP) is 3.82. The van der Waals surface area contributed by atoms with Crippen molar-refractivity contribution in [3.63, 3.8) is 0 Å². The molecular weight excluding hydrogens is 355 g/mol. The van der Waals surface area contributed by atoms with E-state index in [4.69, 9.17) is 4.74 Å². The maximum absolute atomic E-state index is 14.6. The van der Waals surface area contributed by atoms with Crippen molar-refractivity contribution >= 4 is 28.8 Å². The molecule has 0 aromatic heterocycles. The van der Waals surface area contributed by atoms with Crippen LogP contribution in [0.3, 0.4) is 0 Å². The Bertz CT molecular complexity index is 819. The van der Waals surface area contributed by atoms with Gasteiger partial charge in [-0.1, -0.05) is 36.9 Å². The van der Waals surface area contributed by atoms with Crippen LogP contribution in [-0.2, 0) is 14.3 Å². The minimum Gasteiger partial charge on any atom is -0.459 e. The number of halogens is 1. The Hall–Kier alpha value is -2.15. The molecule has 26 heavy (non-hydrogen) atoms. The standard InChI is InChI=1S/C19H21FN2O3S/c1-5-14-17(23)22-16(12-8-6-7-9-13(12)20)15(18(24)25-10(2)3)11(4)21-19(22)26-14/h6-10,14,16H,5H2,1-4H3. The van der Waals surface area contributed by atoms with Crippen molar-refractivity contribution < 1.29 is 18.7 Å². The Morgan fingerprint density at radius 3 is 2.69 bits per heavy atom. The molecule has 2 heterocycles. The van der Waals surface area contributed by atoms with Crippen molar-refractivity contribution in [2.24, 2.45) is 4.99 Å². The van der Waals surface area contributed by atoms with E-state index in [9.17, 15) is 14.0 Å². The van der Waals surface area contributed by atoms with Crippen LogP contribution in [0.4, 0.5) is 4.39 Å². The van der Waals surface area contributed by atoms with Gasteiger partial charge in [-0.05, 0) is 33.3 Å². The Labute approximate surface area is 156 Å². The smallest absolute Gasteiger partial charge is 0.338 e. The number of thioether (sulfide) groups is 1. The van der Waals surface area contributed by atoms with Crippen LogP contribution in [0, 0.1) is 5.82 Å². The summed E-state index contributed by atoms with van der Waals surface area (Å²) in [4.78, 5) is 31.5. The van der Waals surface area contributed by atoms with Crippen molar-refractivity contribution in [1.82, 2.24) is 4.90 Å². The van der Waals surface area contributed by atoms with E-state index in [1.807, 2.05) is 6.92 Å². The van der Waals surface area contributed by atoms with Crippen LogP contribution in [0.2, 0.25) is 0 Å². The van der Waals surface area contributed by atoms with Gasteiger partial charge in [-0.15, -0.1) is 0 Å². The van der Waals surface area contributed by atoms with Gasteiger partial charge in [-0.2, -0.15) is 0 Å². The minimum absolute atomic E-state index is 0.160. The number of ether oxygens (including phenoxy) is 1. The number of aliphatic imine (C=N–C) groups is 1. The maximum atomic E-state index is 14.6. The number of nitrogens with zero attached hydrogens (tertiary/aromatic N) is 2. The van der Waals surface area contributed by atoms with Crippen LogP contribution in [-0.4, -0.2) is 33.3 Å². The summed E-state index contributed by atoms with van der Waals surface area (Å²) in [5.41, 5.74) is 0.922. The summed E-state index contributed by atoms with van der Waals surface area (Å²) in [6.07, 6.45) is 0.301. The first-order valence-electron chi connectivity index (χ1n) is 8.59. The quantitative estimate of drug-likeness (QED) is 0.750. The molecule has 3 rings (SSSR count). The molecule has 2 aliphatic rings. The molecule has 1 saturated heterocycles. The summed E-state index contributed by atoms with van der Waals surface area (Å²) in [6.45, 7) is 7.10. The fourth-order valence-corrected chi connectivity index (χ4v) is 4.25. The van der Waals surface area contributed by atoms with E-state index in [2.05, 4.69) is 4.99 Å². The number of hydrogen-bond acceptors (Lipinski definition) is 5. The Kier molecular flexibility index (Phi) is 5.18. The number of fused-ring (bicyclic) bond motifs is 1. The zero-order valence-electron chi connectivity index (χ0n) is 15.2. The zero-order chi connectivity index (χ0) is 19.0.